The molecule has 0 unspecified atom stereocenters. The fraction of sp³-hybridized carbons (Fsp3) is 0.364. The zero-order valence-electron chi connectivity index (χ0n) is 8.70. The molecule has 0 saturated carbocycles. The molecule has 0 radical (unpaired) electrons. The maximum Gasteiger partial charge on any atom is 0.226 e. The highest BCUT2D eigenvalue weighted by atomic mass is 19.1. The van der Waals surface area contributed by atoms with E-state index in [2.05, 4.69) is 5.32 Å². The SMILES string of the molecule is NC1(CC(=O)Nc2ccc(F)cc2)COC1. The Hall–Kier alpha value is -1.46. The third-order valence-corrected chi connectivity index (χ3v) is 2.42. The summed E-state index contributed by atoms with van der Waals surface area (Å²) in [6.07, 6.45) is 0.213. The van der Waals surface area contributed by atoms with Gasteiger partial charge in [0.25, 0.3) is 0 Å². The Bertz CT molecular complexity index is 387. The fourth-order valence-corrected chi connectivity index (χ4v) is 1.52. The number of nitrogens with two attached hydrogens (primary N) is 1. The van der Waals surface area contributed by atoms with E-state index in [1.807, 2.05) is 0 Å². The van der Waals surface area contributed by atoms with Crippen LogP contribution in [-0.4, -0.2) is 24.7 Å². The van der Waals surface area contributed by atoms with Gasteiger partial charge in [-0.2, -0.15) is 0 Å². The first kappa shape index (κ1) is 11.0. The summed E-state index contributed by atoms with van der Waals surface area (Å²) in [7, 11) is 0. The Morgan fingerprint density at radius 1 is 1.44 bits per heavy atom. The van der Waals surface area contributed by atoms with Gasteiger partial charge in [0.05, 0.1) is 18.8 Å². The lowest BCUT2D eigenvalue weighted by Crippen LogP contribution is -2.58. The van der Waals surface area contributed by atoms with Gasteiger partial charge in [-0.05, 0) is 24.3 Å². The quantitative estimate of drug-likeness (QED) is 0.801. The lowest BCUT2D eigenvalue weighted by atomic mass is 9.94. The third kappa shape index (κ3) is 2.56. The number of carbonyl (C=O) groups is 1. The van der Waals surface area contributed by atoms with Crippen LogP contribution in [0.4, 0.5) is 10.1 Å². The second kappa shape index (κ2) is 4.19. The molecule has 2 rings (SSSR count). The molecule has 16 heavy (non-hydrogen) atoms. The van der Waals surface area contributed by atoms with Crippen LogP contribution in [0.25, 0.3) is 0 Å². The molecule has 0 aromatic heterocycles. The van der Waals surface area contributed by atoms with Crippen molar-refractivity contribution in [2.45, 2.75) is 12.0 Å². The van der Waals surface area contributed by atoms with Gasteiger partial charge in [-0.1, -0.05) is 0 Å². The van der Waals surface area contributed by atoms with Gasteiger partial charge in [-0.25, -0.2) is 4.39 Å². The number of carbonyl (C=O) groups excluding carboxylic acids is 1. The van der Waals surface area contributed by atoms with E-state index in [-0.39, 0.29) is 18.1 Å². The highest BCUT2D eigenvalue weighted by Crippen LogP contribution is 2.18. The minimum atomic E-state index is -0.538. The molecule has 1 heterocycles. The number of ether oxygens (including phenoxy) is 1. The van der Waals surface area contributed by atoms with E-state index in [1.54, 1.807) is 0 Å². The Kier molecular flexibility index (Phi) is 2.89. The number of hydrogen-bond donors (Lipinski definition) is 2. The number of amides is 1. The molecular weight excluding hydrogens is 211 g/mol. The second-order valence-electron chi connectivity index (χ2n) is 4.09. The van der Waals surface area contributed by atoms with E-state index in [9.17, 15) is 9.18 Å². The predicted octanol–water partition coefficient (Wildman–Crippen LogP) is 0.882. The van der Waals surface area contributed by atoms with Gasteiger partial charge in [0.1, 0.15) is 5.82 Å². The molecule has 86 valence electrons. The van der Waals surface area contributed by atoms with Gasteiger partial charge in [-0.3, -0.25) is 4.79 Å². The van der Waals surface area contributed by atoms with Crippen molar-refractivity contribution >= 4 is 11.6 Å². The molecule has 0 bridgehead atoms. The molecule has 1 saturated heterocycles. The zero-order valence-corrected chi connectivity index (χ0v) is 8.70. The zero-order chi connectivity index (χ0) is 11.6. The fourth-order valence-electron chi connectivity index (χ4n) is 1.52. The molecule has 0 atom stereocenters. The average molecular weight is 224 g/mol. The summed E-state index contributed by atoms with van der Waals surface area (Å²) in [4.78, 5) is 11.6. The first-order chi connectivity index (χ1) is 7.57. The molecule has 1 aliphatic rings. The van der Waals surface area contributed by atoms with E-state index in [0.717, 1.165) is 0 Å². The van der Waals surface area contributed by atoms with Crippen LogP contribution in [0.5, 0.6) is 0 Å². The maximum absolute atomic E-state index is 12.6. The van der Waals surface area contributed by atoms with Crippen LogP contribution in [-0.2, 0) is 9.53 Å². The molecule has 0 aliphatic carbocycles. The second-order valence-corrected chi connectivity index (χ2v) is 4.09. The predicted molar refractivity (Wildman–Crippen MR) is 57.4 cm³/mol. The molecule has 1 fully saturated rings. The summed E-state index contributed by atoms with van der Waals surface area (Å²) >= 11 is 0. The Morgan fingerprint density at radius 3 is 2.56 bits per heavy atom. The van der Waals surface area contributed by atoms with E-state index in [4.69, 9.17) is 10.5 Å². The highest BCUT2D eigenvalue weighted by molar-refractivity contribution is 5.91. The first-order valence-corrected chi connectivity index (χ1v) is 4.99. The van der Waals surface area contributed by atoms with Gasteiger partial charge >= 0.3 is 0 Å². The number of benzene rings is 1. The van der Waals surface area contributed by atoms with Gasteiger partial charge in [0.15, 0.2) is 0 Å². The number of hydrogen-bond acceptors (Lipinski definition) is 3. The smallest absolute Gasteiger partial charge is 0.226 e. The number of nitrogens with one attached hydrogen (secondary N) is 1. The van der Waals surface area contributed by atoms with Crippen molar-refractivity contribution in [3.8, 4) is 0 Å². The molecule has 1 aliphatic heterocycles. The summed E-state index contributed by atoms with van der Waals surface area (Å²) in [5.74, 6) is -0.516. The van der Waals surface area contributed by atoms with Crippen LogP contribution >= 0.6 is 0 Å². The largest absolute Gasteiger partial charge is 0.377 e. The maximum atomic E-state index is 12.6. The molecule has 4 nitrogen and oxygen atoms in total. The first-order valence-electron chi connectivity index (χ1n) is 4.99. The monoisotopic (exact) mass is 224 g/mol. The van der Waals surface area contributed by atoms with E-state index in [0.29, 0.717) is 18.9 Å². The highest BCUT2D eigenvalue weighted by Gasteiger charge is 2.36. The van der Waals surface area contributed by atoms with Crippen molar-refractivity contribution in [3.63, 3.8) is 0 Å². The number of rotatable bonds is 3. The summed E-state index contributed by atoms with van der Waals surface area (Å²) in [5, 5.41) is 2.65. The van der Waals surface area contributed by atoms with Crippen LogP contribution in [0.3, 0.4) is 0 Å². The van der Waals surface area contributed by atoms with Crippen LogP contribution in [0.1, 0.15) is 6.42 Å². The number of halogens is 1. The topological polar surface area (TPSA) is 64.4 Å². The number of anilines is 1. The van der Waals surface area contributed by atoms with Crippen LogP contribution < -0.4 is 11.1 Å². The average Bonchev–Trinajstić information content (AvgIpc) is 2.19. The molecule has 5 heteroatoms. The van der Waals surface area contributed by atoms with Crippen LogP contribution in [0, 0.1) is 5.82 Å². The summed E-state index contributed by atoms with van der Waals surface area (Å²) in [6, 6.07) is 5.60. The van der Waals surface area contributed by atoms with E-state index >= 15 is 0 Å². The lowest BCUT2D eigenvalue weighted by molar-refractivity contribution is -0.123. The van der Waals surface area contributed by atoms with Crippen molar-refractivity contribution in [2.75, 3.05) is 18.5 Å². The van der Waals surface area contributed by atoms with Crippen molar-refractivity contribution in [2.24, 2.45) is 5.73 Å². The Labute approximate surface area is 92.6 Å². The van der Waals surface area contributed by atoms with Crippen LogP contribution in [0.15, 0.2) is 24.3 Å². The summed E-state index contributed by atoms with van der Waals surface area (Å²) in [6.45, 7) is 0.813. The minimum Gasteiger partial charge on any atom is -0.377 e. The van der Waals surface area contributed by atoms with Crippen molar-refractivity contribution in [1.82, 2.24) is 0 Å². The molecule has 1 amide bonds. The molecule has 3 N–H and O–H groups in total. The Balaban J connectivity index is 1.89. The third-order valence-electron chi connectivity index (χ3n) is 2.42. The van der Waals surface area contributed by atoms with Crippen molar-refractivity contribution in [3.05, 3.63) is 30.1 Å². The van der Waals surface area contributed by atoms with Gasteiger partial charge in [-0.15, -0.1) is 0 Å². The molecule has 1 aromatic rings. The van der Waals surface area contributed by atoms with Gasteiger partial charge in [0.2, 0.25) is 5.91 Å². The van der Waals surface area contributed by atoms with Gasteiger partial charge in [0, 0.05) is 12.1 Å². The standard InChI is InChI=1S/C11H13FN2O2/c12-8-1-3-9(4-2-8)14-10(15)5-11(13)6-16-7-11/h1-4H,5-7,13H2,(H,14,15). The van der Waals surface area contributed by atoms with Crippen LogP contribution in [0.2, 0.25) is 0 Å². The van der Waals surface area contributed by atoms with Gasteiger partial charge < -0.3 is 15.8 Å². The summed E-state index contributed by atoms with van der Waals surface area (Å²) < 4.78 is 17.6. The normalized spacial score (nSPS) is 17.6. The van der Waals surface area contributed by atoms with Crippen molar-refractivity contribution < 1.29 is 13.9 Å². The van der Waals surface area contributed by atoms with E-state index < -0.39 is 5.54 Å². The van der Waals surface area contributed by atoms with E-state index in [1.165, 1.54) is 24.3 Å². The molecular formula is C11H13FN2O2. The lowest BCUT2D eigenvalue weighted by Gasteiger charge is -2.37. The summed E-state index contributed by atoms with van der Waals surface area (Å²) in [5.41, 5.74) is 5.86. The minimum absolute atomic E-state index is 0.183. The Morgan fingerprint density at radius 2 is 2.06 bits per heavy atom. The molecule has 1 aromatic carbocycles. The van der Waals surface area contributed by atoms with Crippen molar-refractivity contribution in [1.29, 1.82) is 0 Å². The molecule has 0 spiro atoms.